The van der Waals surface area contributed by atoms with Crippen molar-refractivity contribution in [2.75, 3.05) is 7.11 Å². The Bertz CT molecular complexity index is 457. The molecule has 1 aromatic carbocycles. The molecule has 0 aliphatic carbocycles. The Hall–Kier alpha value is -1.88. The third-order valence-electron chi connectivity index (χ3n) is 2.78. The zero-order chi connectivity index (χ0) is 14.4. The Kier molecular flexibility index (Phi) is 5.51. The summed E-state index contributed by atoms with van der Waals surface area (Å²) in [6.07, 6.45) is 0. The average molecular weight is 265 g/mol. The number of hydrogen-bond donors (Lipinski definition) is 2. The monoisotopic (exact) mass is 265 g/mol. The Morgan fingerprint density at radius 3 is 2.47 bits per heavy atom. The van der Waals surface area contributed by atoms with Crippen LogP contribution in [0.25, 0.3) is 0 Å². The third kappa shape index (κ3) is 4.06. The molecule has 1 aromatic rings. The van der Waals surface area contributed by atoms with Crippen LogP contribution in [0.1, 0.15) is 29.8 Å². The molecule has 104 valence electrons. The van der Waals surface area contributed by atoms with E-state index in [1.165, 1.54) is 0 Å². The van der Waals surface area contributed by atoms with Gasteiger partial charge in [0.1, 0.15) is 6.04 Å². The van der Waals surface area contributed by atoms with Crippen LogP contribution in [0.4, 0.5) is 0 Å². The number of aliphatic carboxylic acids is 1. The first-order valence-corrected chi connectivity index (χ1v) is 6.08. The second-order valence-corrected chi connectivity index (χ2v) is 4.62. The number of carbonyl (C=O) groups excluding carboxylic acids is 1. The van der Waals surface area contributed by atoms with Crippen molar-refractivity contribution in [2.45, 2.75) is 26.5 Å². The lowest BCUT2D eigenvalue weighted by Gasteiger charge is -2.18. The van der Waals surface area contributed by atoms with Crippen LogP contribution in [0.3, 0.4) is 0 Å². The van der Waals surface area contributed by atoms with Crippen molar-refractivity contribution in [2.24, 2.45) is 5.92 Å². The van der Waals surface area contributed by atoms with Gasteiger partial charge in [0, 0.05) is 12.7 Å². The number of carbonyl (C=O) groups is 2. The number of ether oxygens (including phenoxy) is 1. The van der Waals surface area contributed by atoms with Gasteiger partial charge < -0.3 is 15.2 Å². The summed E-state index contributed by atoms with van der Waals surface area (Å²) in [4.78, 5) is 23.2. The van der Waals surface area contributed by atoms with Crippen LogP contribution in [-0.2, 0) is 16.1 Å². The molecule has 19 heavy (non-hydrogen) atoms. The van der Waals surface area contributed by atoms with Crippen molar-refractivity contribution < 1.29 is 19.4 Å². The lowest BCUT2D eigenvalue weighted by molar-refractivity contribution is -0.140. The van der Waals surface area contributed by atoms with E-state index in [1.54, 1.807) is 39.2 Å². The van der Waals surface area contributed by atoms with Gasteiger partial charge in [-0.05, 0) is 17.5 Å². The number of benzene rings is 1. The van der Waals surface area contributed by atoms with Gasteiger partial charge in [0.05, 0.1) is 6.61 Å². The Morgan fingerprint density at radius 1 is 1.32 bits per heavy atom. The highest BCUT2D eigenvalue weighted by molar-refractivity contribution is 5.97. The van der Waals surface area contributed by atoms with E-state index in [4.69, 9.17) is 9.84 Å². The Labute approximate surface area is 112 Å². The van der Waals surface area contributed by atoms with Crippen molar-refractivity contribution in [3.05, 3.63) is 35.4 Å². The SMILES string of the molecule is COCc1ccccc1C(=O)NC(C(=O)O)C(C)C. The lowest BCUT2D eigenvalue weighted by atomic mass is 10.0. The molecule has 0 bridgehead atoms. The standard InChI is InChI=1S/C14H19NO4/c1-9(2)12(14(17)18)15-13(16)11-7-5-4-6-10(11)8-19-3/h4-7,9,12H,8H2,1-3H3,(H,15,16)(H,17,18). The smallest absolute Gasteiger partial charge is 0.326 e. The van der Waals surface area contributed by atoms with Crippen LogP contribution in [0.2, 0.25) is 0 Å². The van der Waals surface area contributed by atoms with Crippen LogP contribution >= 0.6 is 0 Å². The van der Waals surface area contributed by atoms with Crippen LogP contribution in [-0.4, -0.2) is 30.1 Å². The summed E-state index contributed by atoms with van der Waals surface area (Å²) >= 11 is 0. The quantitative estimate of drug-likeness (QED) is 0.820. The van der Waals surface area contributed by atoms with Gasteiger partial charge in [0.2, 0.25) is 0 Å². The minimum absolute atomic E-state index is 0.184. The summed E-state index contributed by atoms with van der Waals surface area (Å²) in [5.74, 6) is -1.61. The van der Waals surface area contributed by atoms with Gasteiger partial charge in [0.15, 0.2) is 0 Å². The van der Waals surface area contributed by atoms with Crippen LogP contribution < -0.4 is 5.32 Å². The number of rotatable bonds is 6. The largest absolute Gasteiger partial charge is 0.480 e. The molecule has 0 heterocycles. The summed E-state index contributed by atoms with van der Waals surface area (Å²) in [5.41, 5.74) is 1.17. The highest BCUT2D eigenvalue weighted by Gasteiger charge is 2.24. The Balaban J connectivity index is 2.91. The molecule has 5 nitrogen and oxygen atoms in total. The van der Waals surface area contributed by atoms with Gasteiger partial charge in [-0.25, -0.2) is 4.79 Å². The summed E-state index contributed by atoms with van der Waals surface area (Å²) in [6.45, 7) is 3.81. The van der Waals surface area contributed by atoms with Crippen LogP contribution in [0.5, 0.6) is 0 Å². The molecule has 1 rings (SSSR count). The molecule has 1 amide bonds. The van der Waals surface area contributed by atoms with Crippen molar-refractivity contribution in [1.82, 2.24) is 5.32 Å². The van der Waals surface area contributed by atoms with Crippen LogP contribution in [0.15, 0.2) is 24.3 Å². The molecule has 0 aliphatic heterocycles. The first-order valence-electron chi connectivity index (χ1n) is 6.08. The highest BCUT2D eigenvalue weighted by atomic mass is 16.5. The minimum atomic E-state index is -1.03. The molecule has 0 saturated carbocycles. The molecule has 1 atom stereocenters. The predicted octanol–water partition coefficient (Wildman–Crippen LogP) is 1.67. The summed E-state index contributed by atoms with van der Waals surface area (Å²) in [6, 6.07) is 6.08. The number of amides is 1. The van der Waals surface area contributed by atoms with Crippen molar-refractivity contribution in [3.8, 4) is 0 Å². The van der Waals surface area contributed by atoms with E-state index in [0.29, 0.717) is 12.2 Å². The zero-order valence-corrected chi connectivity index (χ0v) is 11.3. The predicted molar refractivity (Wildman–Crippen MR) is 70.9 cm³/mol. The molecule has 0 spiro atoms. The van der Waals surface area contributed by atoms with Gasteiger partial charge >= 0.3 is 5.97 Å². The van der Waals surface area contributed by atoms with Gasteiger partial charge in [-0.3, -0.25) is 4.79 Å². The molecule has 0 aromatic heterocycles. The second-order valence-electron chi connectivity index (χ2n) is 4.62. The number of hydrogen-bond acceptors (Lipinski definition) is 3. The Morgan fingerprint density at radius 2 is 1.95 bits per heavy atom. The molecule has 1 unspecified atom stereocenters. The number of carboxylic acids is 1. The van der Waals surface area contributed by atoms with Crippen molar-refractivity contribution in [1.29, 1.82) is 0 Å². The van der Waals surface area contributed by atoms with Crippen molar-refractivity contribution >= 4 is 11.9 Å². The first kappa shape index (κ1) is 15.2. The second kappa shape index (κ2) is 6.89. The number of nitrogens with one attached hydrogen (secondary N) is 1. The summed E-state index contributed by atoms with van der Waals surface area (Å²) in [5, 5.41) is 11.6. The molecule has 0 fully saturated rings. The van der Waals surface area contributed by atoms with Crippen LogP contribution in [0, 0.1) is 5.92 Å². The zero-order valence-electron chi connectivity index (χ0n) is 11.3. The van der Waals surface area contributed by atoms with Gasteiger partial charge in [-0.2, -0.15) is 0 Å². The van der Waals surface area contributed by atoms with E-state index in [1.807, 2.05) is 6.07 Å². The molecule has 0 radical (unpaired) electrons. The lowest BCUT2D eigenvalue weighted by Crippen LogP contribution is -2.44. The summed E-state index contributed by atoms with van der Waals surface area (Å²) in [7, 11) is 1.54. The maximum Gasteiger partial charge on any atom is 0.326 e. The van der Waals surface area contributed by atoms with Crippen molar-refractivity contribution in [3.63, 3.8) is 0 Å². The average Bonchev–Trinajstić information content (AvgIpc) is 2.36. The molecule has 0 aliphatic rings. The van der Waals surface area contributed by atoms with E-state index >= 15 is 0 Å². The number of carboxylic acid groups (broad SMARTS) is 1. The fourth-order valence-corrected chi connectivity index (χ4v) is 1.76. The molecule has 2 N–H and O–H groups in total. The number of methoxy groups -OCH3 is 1. The maximum atomic E-state index is 12.1. The molecule has 5 heteroatoms. The fourth-order valence-electron chi connectivity index (χ4n) is 1.76. The molecule has 0 saturated heterocycles. The van der Waals surface area contributed by atoms with E-state index in [-0.39, 0.29) is 5.92 Å². The minimum Gasteiger partial charge on any atom is -0.480 e. The van der Waals surface area contributed by atoms with Gasteiger partial charge in [0.25, 0.3) is 5.91 Å². The van der Waals surface area contributed by atoms with E-state index in [2.05, 4.69) is 5.32 Å². The molecular weight excluding hydrogens is 246 g/mol. The van der Waals surface area contributed by atoms with E-state index in [0.717, 1.165) is 5.56 Å². The summed E-state index contributed by atoms with van der Waals surface area (Å²) < 4.78 is 5.02. The third-order valence-corrected chi connectivity index (χ3v) is 2.78. The van der Waals surface area contributed by atoms with Gasteiger partial charge in [-0.15, -0.1) is 0 Å². The topological polar surface area (TPSA) is 75.6 Å². The first-order chi connectivity index (χ1) is 8.97. The van der Waals surface area contributed by atoms with E-state index < -0.39 is 17.9 Å². The highest BCUT2D eigenvalue weighted by Crippen LogP contribution is 2.11. The fraction of sp³-hybridized carbons (Fsp3) is 0.429. The maximum absolute atomic E-state index is 12.1. The van der Waals surface area contributed by atoms with E-state index in [9.17, 15) is 9.59 Å². The van der Waals surface area contributed by atoms with Gasteiger partial charge in [-0.1, -0.05) is 32.0 Å². The normalized spacial score (nSPS) is 12.2. The molecular formula is C14H19NO4.